The fraction of sp³-hybridized carbons (Fsp3) is 0.810. The van der Waals surface area contributed by atoms with E-state index in [4.69, 9.17) is 23.2 Å². The van der Waals surface area contributed by atoms with Gasteiger partial charge in [0.25, 0.3) is 5.91 Å². The molecule has 3 amide bonds. The van der Waals surface area contributed by atoms with E-state index in [0.29, 0.717) is 13.0 Å². The topological polar surface area (TPSA) is 82.1 Å². The third-order valence-corrected chi connectivity index (χ3v) is 7.21. The third-order valence-electron chi connectivity index (χ3n) is 6.29. The molecule has 5 atom stereocenters. The molecular formula is C21H32Cl2N4O3. The fourth-order valence-corrected chi connectivity index (χ4v) is 5.30. The van der Waals surface area contributed by atoms with Gasteiger partial charge in [-0.25, -0.2) is 0 Å². The van der Waals surface area contributed by atoms with Gasteiger partial charge in [0.05, 0.1) is 30.2 Å². The maximum Gasteiger partial charge on any atom is 0.265 e. The van der Waals surface area contributed by atoms with E-state index in [2.05, 4.69) is 10.3 Å². The van der Waals surface area contributed by atoms with Gasteiger partial charge in [0.1, 0.15) is 6.54 Å². The number of carbonyl (C=O) groups excluding carboxylic acids is 3. The number of nitrogens with zero attached hydrogens (tertiary/aromatic N) is 3. The van der Waals surface area contributed by atoms with Crippen LogP contribution in [0.1, 0.15) is 58.3 Å². The Bertz CT molecular complexity index is 675. The standard InChI is InChI=1S/C21H32Cl2N4O3/c1-2-9-26(12-19(28)25-17-10-14(22)7-8-15(17)23)21(30)13-27-18-6-4-3-5-16(18)24-11-20(27)29/h11,14-18H,2-10,12-13H2,1H3,(H,25,28). The highest BCUT2D eigenvalue weighted by Crippen LogP contribution is 2.28. The first-order valence-corrected chi connectivity index (χ1v) is 11.9. The summed E-state index contributed by atoms with van der Waals surface area (Å²) in [6.45, 7) is 2.38. The maximum absolute atomic E-state index is 13.0. The molecule has 5 unspecified atom stereocenters. The van der Waals surface area contributed by atoms with Crippen molar-refractivity contribution in [3.8, 4) is 0 Å². The molecule has 0 spiro atoms. The number of amides is 3. The molecule has 0 aromatic rings. The van der Waals surface area contributed by atoms with Crippen molar-refractivity contribution < 1.29 is 14.4 Å². The van der Waals surface area contributed by atoms with Crippen LogP contribution in [-0.4, -0.2) is 82.2 Å². The Morgan fingerprint density at radius 1 is 1.23 bits per heavy atom. The largest absolute Gasteiger partial charge is 0.350 e. The van der Waals surface area contributed by atoms with Crippen LogP contribution in [0.15, 0.2) is 4.99 Å². The summed E-state index contributed by atoms with van der Waals surface area (Å²) in [6.07, 6.45) is 8.27. The number of halogens is 2. The van der Waals surface area contributed by atoms with Gasteiger partial charge in [-0.05, 0) is 38.5 Å². The molecule has 1 aliphatic heterocycles. The zero-order valence-corrected chi connectivity index (χ0v) is 19.1. The van der Waals surface area contributed by atoms with Crippen molar-refractivity contribution in [3.05, 3.63) is 0 Å². The molecule has 1 N–H and O–H groups in total. The van der Waals surface area contributed by atoms with Gasteiger partial charge in [-0.2, -0.15) is 0 Å². The smallest absolute Gasteiger partial charge is 0.265 e. The predicted molar refractivity (Wildman–Crippen MR) is 118 cm³/mol. The Kier molecular flexibility index (Phi) is 8.40. The lowest BCUT2D eigenvalue weighted by molar-refractivity contribution is -0.142. The molecule has 168 valence electrons. The zero-order chi connectivity index (χ0) is 21.7. The Morgan fingerprint density at radius 2 is 2.00 bits per heavy atom. The minimum atomic E-state index is -0.236. The fourth-order valence-electron chi connectivity index (χ4n) is 4.69. The molecule has 9 heteroatoms. The first-order valence-electron chi connectivity index (χ1n) is 11.1. The van der Waals surface area contributed by atoms with Crippen molar-refractivity contribution in [1.82, 2.24) is 15.1 Å². The van der Waals surface area contributed by atoms with Crippen LogP contribution in [-0.2, 0) is 14.4 Å². The molecule has 2 saturated carbocycles. The van der Waals surface area contributed by atoms with Crippen molar-refractivity contribution in [2.24, 2.45) is 4.99 Å². The molecule has 7 nitrogen and oxygen atoms in total. The first kappa shape index (κ1) is 23.3. The first-order chi connectivity index (χ1) is 14.4. The summed E-state index contributed by atoms with van der Waals surface area (Å²) in [4.78, 5) is 45.6. The average molecular weight is 459 g/mol. The van der Waals surface area contributed by atoms with Crippen LogP contribution in [0.25, 0.3) is 0 Å². The summed E-state index contributed by atoms with van der Waals surface area (Å²) in [5, 5.41) is 2.81. The Balaban J connectivity index is 1.59. The number of aliphatic imine (C=N–C) groups is 1. The van der Waals surface area contributed by atoms with E-state index in [-0.39, 0.29) is 59.7 Å². The van der Waals surface area contributed by atoms with Gasteiger partial charge < -0.3 is 15.1 Å². The summed E-state index contributed by atoms with van der Waals surface area (Å²) in [5.41, 5.74) is 0. The minimum absolute atomic E-state index is 0.00824. The molecule has 30 heavy (non-hydrogen) atoms. The van der Waals surface area contributed by atoms with Crippen molar-refractivity contribution in [2.45, 2.75) is 87.2 Å². The maximum atomic E-state index is 13.0. The van der Waals surface area contributed by atoms with Crippen LogP contribution in [0.3, 0.4) is 0 Å². The molecular weight excluding hydrogens is 427 g/mol. The van der Waals surface area contributed by atoms with Gasteiger partial charge in [-0.3, -0.25) is 19.4 Å². The lowest BCUT2D eigenvalue weighted by Gasteiger charge is -2.40. The summed E-state index contributed by atoms with van der Waals surface area (Å²) >= 11 is 12.6. The molecule has 0 aromatic carbocycles. The summed E-state index contributed by atoms with van der Waals surface area (Å²) in [7, 11) is 0. The quantitative estimate of drug-likeness (QED) is 0.594. The molecule has 3 aliphatic rings. The minimum Gasteiger partial charge on any atom is -0.350 e. The van der Waals surface area contributed by atoms with Gasteiger partial charge >= 0.3 is 0 Å². The molecule has 0 aromatic heterocycles. The van der Waals surface area contributed by atoms with Crippen molar-refractivity contribution in [1.29, 1.82) is 0 Å². The summed E-state index contributed by atoms with van der Waals surface area (Å²) in [5.74, 6) is -0.658. The number of alkyl halides is 2. The normalized spacial score (nSPS) is 31.2. The highest BCUT2D eigenvalue weighted by Gasteiger charge is 2.37. The second-order valence-corrected chi connectivity index (χ2v) is 9.76. The average Bonchev–Trinajstić information content (AvgIpc) is 2.72. The Morgan fingerprint density at radius 3 is 2.77 bits per heavy atom. The van der Waals surface area contributed by atoms with Crippen LogP contribution >= 0.6 is 23.2 Å². The molecule has 1 heterocycles. The molecule has 0 radical (unpaired) electrons. The van der Waals surface area contributed by atoms with E-state index in [9.17, 15) is 14.4 Å². The molecule has 2 aliphatic carbocycles. The van der Waals surface area contributed by atoms with E-state index in [1.165, 1.54) is 11.1 Å². The van der Waals surface area contributed by atoms with Crippen molar-refractivity contribution in [3.63, 3.8) is 0 Å². The van der Waals surface area contributed by atoms with E-state index < -0.39 is 0 Å². The molecule has 3 rings (SSSR count). The van der Waals surface area contributed by atoms with E-state index in [1.54, 1.807) is 4.90 Å². The number of nitrogens with one attached hydrogen (secondary N) is 1. The van der Waals surface area contributed by atoms with Crippen molar-refractivity contribution >= 4 is 47.1 Å². The molecule has 0 saturated heterocycles. The van der Waals surface area contributed by atoms with E-state index in [0.717, 1.165) is 44.9 Å². The van der Waals surface area contributed by atoms with Crippen molar-refractivity contribution in [2.75, 3.05) is 19.6 Å². The zero-order valence-electron chi connectivity index (χ0n) is 17.6. The van der Waals surface area contributed by atoms with Gasteiger partial charge in [0.15, 0.2) is 0 Å². The highest BCUT2D eigenvalue weighted by molar-refractivity contribution is 6.27. The molecule has 2 fully saturated rings. The number of hydrogen-bond acceptors (Lipinski definition) is 4. The monoisotopic (exact) mass is 458 g/mol. The van der Waals surface area contributed by atoms with Crippen LogP contribution < -0.4 is 5.32 Å². The molecule has 0 bridgehead atoms. The predicted octanol–water partition coefficient (Wildman–Crippen LogP) is 2.33. The third kappa shape index (κ3) is 5.88. The lowest BCUT2D eigenvalue weighted by Crippen LogP contribution is -2.56. The number of hydrogen-bond donors (Lipinski definition) is 1. The SMILES string of the molecule is CCCN(CC(=O)NC1CC(Cl)CCC1Cl)C(=O)CN1C(=O)C=NC2CCCCC21. The lowest BCUT2D eigenvalue weighted by atomic mass is 9.88. The number of rotatable bonds is 7. The Labute approximate surface area is 188 Å². The second kappa shape index (κ2) is 10.8. The summed E-state index contributed by atoms with van der Waals surface area (Å²) < 4.78 is 0. The highest BCUT2D eigenvalue weighted by atomic mass is 35.5. The van der Waals surface area contributed by atoms with Crippen LogP contribution in [0.5, 0.6) is 0 Å². The Hall–Kier alpha value is -1.34. The summed E-state index contributed by atoms with van der Waals surface area (Å²) in [6, 6.07) is -0.114. The number of carbonyl (C=O) groups is 3. The van der Waals surface area contributed by atoms with Crippen LogP contribution in [0.4, 0.5) is 0 Å². The number of fused-ring (bicyclic) bond motifs is 1. The van der Waals surface area contributed by atoms with E-state index in [1.807, 2.05) is 6.92 Å². The second-order valence-electron chi connectivity index (χ2n) is 8.58. The van der Waals surface area contributed by atoms with Crippen LogP contribution in [0.2, 0.25) is 0 Å². The van der Waals surface area contributed by atoms with Gasteiger partial charge in [-0.15, -0.1) is 23.2 Å². The van der Waals surface area contributed by atoms with Crippen LogP contribution in [0, 0.1) is 0 Å². The van der Waals surface area contributed by atoms with Gasteiger partial charge in [0.2, 0.25) is 11.8 Å². The van der Waals surface area contributed by atoms with Gasteiger partial charge in [-0.1, -0.05) is 19.8 Å². The van der Waals surface area contributed by atoms with Gasteiger partial charge in [0, 0.05) is 18.0 Å². The van der Waals surface area contributed by atoms with E-state index >= 15 is 0 Å².